The van der Waals surface area contributed by atoms with E-state index in [9.17, 15) is 4.79 Å². The minimum absolute atomic E-state index is 0.0673. The van der Waals surface area contributed by atoms with Crippen LogP contribution < -0.4 is 0 Å². The summed E-state index contributed by atoms with van der Waals surface area (Å²) in [5.41, 5.74) is -0.510. The van der Waals surface area contributed by atoms with Crippen LogP contribution in [0, 0.1) is 0 Å². The summed E-state index contributed by atoms with van der Waals surface area (Å²) in [6, 6.07) is -0.137. The molecule has 0 aromatic rings. The highest BCUT2D eigenvalue weighted by Crippen LogP contribution is 2.41. The van der Waals surface area contributed by atoms with Crippen LogP contribution in [0.4, 0.5) is 4.79 Å². The summed E-state index contributed by atoms with van der Waals surface area (Å²) in [6.45, 7) is 10.3. The van der Waals surface area contributed by atoms with E-state index in [-0.39, 0.29) is 30.4 Å². The standard InChI is InChI=1S/C14H23NO5/c1-13(2,3)20-12(16)15-6-9-11(18-9)10-8(15)7-17-14(4,5)19-10/h8-11H,6-7H2,1-5H3/t8-,9+,10-,11+/m0/s1. The summed E-state index contributed by atoms with van der Waals surface area (Å²) in [5.74, 6) is -0.630. The maximum absolute atomic E-state index is 12.3. The van der Waals surface area contributed by atoms with Gasteiger partial charge in [-0.1, -0.05) is 0 Å². The Balaban J connectivity index is 1.74. The van der Waals surface area contributed by atoms with Crippen molar-refractivity contribution >= 4 is 6.09 Å². The Bertz CT molecular complexity index is 416. The van der Waals surface area contributed by atoms with Crippen molar-refractivity contribution in [3.05, 3.63) is 0 Å². The van der Waals surface area contributed by atoms with Gasteiger partial charge in [0.15, 0.2) is 5.79 Å². The van der Waals surface area contributed by atoms with Crippen LogP contribution in [0.25, 0.3) is 0 Å². The van der Waals surface area contributed by atoms with Gasteiger partial charge in [-0.3, -0.25) is 4.90 Å². The number of carbonyl (C=O) groups is 1. The van der Waals surface area contributed by atoms with Gasteiger partial charge in [0.05, 0.1) is 19.2 Å². The van der Waals surface area contributed by atoms with E-state index in [4.69, 9.17) is 18.9 Å². The molecule has 3 aliphatic heterocycles. The van der Waals surface area contributed by atoms with Gasteiger partial charge in [-0.2, -0.15) is 0 Å². The molecular weight excluding hydrogens is 262 g/mol. The number of amides is 1. The summed E-state index contributed by atoms with van der Waals surface area (Å²) in [7, 11) is 0. The fourth-order valence-corrected chi connectivity index (χ4v) is 2.83. The van der Waals surface area contributed by atoms with Gasteiger partial charge in [0.25, 0.3) is 0 Å². The maximum atomic E-state index is 12.3. The first-order chi connectivity index (χ1) is 9.16. The smallest absolute Gasteiger partial charge is 0.410 e. The normalized spacial score (nSPS) is 38.8. The Morgan fingerprint density at radius 2 is 2.00 bits per heavy atom. The number of rotatable bonds is 0. The first kappa shape index (κ1) is 14.1. The zero-order chi connectivity index (χ0) is 14.7. The fraction of sp³-hybridized carbons (Fsp3) is 0.929. The third kappa shape index (κ3) is 2.64. The third-order valence-electron chi connectivity index (χ3n) is 3.75. The van der Waals surface area contributed by atoms with Crippen molar-refractivity contribution in [3.8, 4) is 0 Å². The highest BCUT2D eigenvalue weighted by atomic mass is 16.7. The zero-order valence-corrected chi connectivity index (χ0v) is 12.7. The Hall–Kier alpha value is -0.850. The van der Waals surface area contributed by atoms with Crippen molar-refractivity contribution in [2.45, 2.75) is 70.4 Å². The number of piperidine rings is 1. The number of hydrogen-bond donors (Lipinski definition) is 0. The molecule has 0 N–H and O–H groups in total. The Kier molecular flexibility index (Phi) is 3.05. The number of ether oxygens (including phenoxy) is 4. The molecule has 0 saturated carbocycles. The molecular formula is C14H23NO5. The molecule has 3 aliphatic rings. The van der Waals surface area contributed by atoms with Gasteiger partial charge < -0.3 is 18.9 Å². The summed E-state index contributed by atoms with van der Waals surface area (Å²) >= 11 is 0. The van der Waals surface area contributed by atoms with Gasteiger partial charge in [0.2, 0.25) is 0 Å². The predicted molar refractivity (Wildman–Crippen MR) is 70.3 cm³/mol. The van der Waals surface area contributed by atoms with E-state index in [1.54, 1.807) is 4.90 Å². The van der Waals surface area contributed by atoms with Gasteiger partial charge >= 0.3 is 6.09 Å². The van der Waals surface area contributed by atoms with E-state index in [0.717, 1.165) is 0 Å². The van der Waals surface area contributed by atoms with Crippen LogP contribution in [-0.2, 0) is 18.9 Å². The molecule has 3 fully saturated rings. The Morgan fingerprint density at radius 1 is 1.30 bits per heavy atom. The number of epoxide rings is 1. The number of carbonyl (C=O) groups excluding carboxylic acids is 1. The van der Waals surface area contributed by atoms with Gasteiger partial charge in [-0.25, -0.2) is 4.79 Å². The van der Waals surface area contributed by atoms with Crippen molar-refractivity contribution in [2.24, 2.45) is 0 Å². The molecule has 6 heteroatoms. The van der Waals surface area contributed by atoms with Crippen molar-refractivity contribution in [1.29, 1.82) is 0 Å². The lowest BCUT2D eigenvalue weighted by molar-refractivity contribution is -0.296. The second-order valence-corrected chi connectivity index (χ2v) is 7.13. The van der Waals surface area contributed by atoms with Crippen LogP contribution in [0.1, 0.15) is 34.6 Å². The molecule has 3 saturated heterocycles. The minimum Gasteiger partial charge on any atom is -0.444 e. The first-order valence-corrected chi connectivity index (χ1v) is 7.13. The molecule has 3 rings (SSSR count). The minimum atomic E-state index is -0.630. The predicted octanol–water partition coefficient (Wildman–Crippen LogP) is 1.52. The van der Waals surface area contributed by atoms with Crippen molar-refractivity contribution in [2.75, 3.05) is 13.2 Å². The van der Waals surface area contributed by atoms with Crippen LogP contribution in [0.3, 0.4) is 0 Å². The molecule has 0 aliphatic carbocycles. The molecule has 3 heterocycles. The molecule has 0 radical (unpaired) electrons. The molecule has 0 aromatic carbocycles. The summed E-state index contributed by atoms with van der Waals surface area (Å²) in [6.07, 6.45) is -0.307. The van der Waals surface area contributed by atoms with E-state index in [1.807, 2.05) is 34.6 Å². The average Bonchev–Trinajstić information content (AvgIpc) is 3.03. The summed E-state index contributed by atoms with van der Waals surface area (Å²) in [4.78, 5) is 14.0. The molecule has 20 heavy (non-hydrogen) atoms. The molecule has 0 spiro atoms. The van der Waals surface area contributed by atoms with E-state index in [1.165, 1.54) is 0 Å². The largest absolute Gasteiger partial charge is 0.444 e. The van der Waals surface area contributed by atoms with Crippen LogP contribution in [0.2, 0.25) is 0 Å². The third-order valence-corrected chi connectivity index (χ3v) is 3.75. The average molecular weight is 285 g/mol. The van der Waals surface area contributed by atoms with Gasteiger partial charge in [-0.15, -0.1) is 0 Å². The molecule has 114 valence electrons. The number of hydrogen-bond acceptors (Lipinski definition) is 5. The number of nitrogens with zero attached hydrogens (tertiary/aromatic N) is 1. The van der Waals surface area contributed by atoms with Crippen LogP contribution >= 0.6 is 0 Å². The maximum Gasteiger partial charge on any atom is 0.410 e. The van der Waals surface area contributed by atoms with Crippen molar-refractivity contribution in [3.63, 3.8) is 0 Å². The second kappa shape index (κ2) is 4.32. The van der Waals surface area contributed by atoms with E-state index < -0.39 is 11.4 Å². The van der Waals surface area contributed by atoms with E-state index >= 15 is 0 Å². The molecule has 4 atom stereocenters. The van der Waals surface area contributed by atoms with Crippen molar-refractivity contribution in [1.82, 2.24) is 4.90 Å². The molecule has 1 amide bonds. The quantitative estimate of drug-likeness (QED) is 0.632. The lowest BCUT2D eigenvalue weighted by Crippen LogP contribution is -2.63. The zero-order valence-electron chi connectivity index (χ0n) is 12.7. The van der Waals surface area contributed by atoms with E-state index in [0.29, 0.717) is 13.2 Å². The summed E-state index contributed by atoms with van der Waals surface area (Å²) < 4.78 is 22.7. The van der Waals surface area contributed by atoms with Crippen molar-refractivity contribution < 1.29 is 23.7 Å². The SMILES string of the molecule is CC(C)(C)OC(=O)N1C[C@H]2O[C@H]2[C@H]2OC(C)(C)OC[C@@H]21. The number of likely N-dealkylation sites (tertiary alicyclic amines) is 1. The van der Waals surface area contributed by atoms with Crippen LogP contribution in [-0.4, -0.2) is 59.9 Å². The highest BCUT2D eigenvalue weighted by molar-refractivity contribution is 5.69. The topological polar surface area (TPSA) is 60.5 Å². The Morgan fingerprint density at radius 3 is 2.65 bits per heavy atom. The lowest BCUT2D eigenvalue weighted by atomic mass is 9.98. The lowest BCUT2D eigenvalue weighted by Gasteiger charge is -2.46. The summed E-state index contributed by atoms with van der Waals surface area (Å²) in [5, 5.41) is 0. The van der Waals surface area contributed by atoms with Gasteiger partial charge in [0.1, 0.15) is 23.9 Å². The molecule has 0 bridgehead atoms. The molecule has 0 aromatic heterocycles. The van der Waals surface area contributed by atoms with Gasteiger partial charge in [-0.05, 0) is 34.6 Å². The van der Waals surface area contributed by atoms with Crippen LogP contribution in [0.15, 0.2) is 0 Å². The fourth-order valence-electron chi connectivity index (χ4n) is 2.83. The Labute approximate surface area is 119 Å². The highest BCUT2D eigenvalue weighted by Gasteiger charge is 2.60. The van der Waals surface area contributed by atoms with Gasteiger partial charge in [0, 0.05) is 0 Å². The number of fused-ring (bicyclic) bond motifs is 3. The first-order valence-electron chi connectivity index (χ1n) is 7.13. The van der Waals surface area contributed by atoms with Crippen LogP contribution in [0.5, 0.6) is 0 Å². The van der Waals surface area contributed by atoms with E-state index in [2.05, 4.69) is 0 Å². The second-order valence-electron chi connectivity index (χ2n) is 7.13. The molecule has 6 nitrogen and oxygen atoms in total. The molecule has 0 unspecified atom stereocenters. The monoisotopic (exact) mass is 285 g/mol.